The van der Waals surface area contributed by atoms with Gasteiger partial charge >= 0.3 is 0 Å². The number of aryl methyl sites for hydroxylation is 12. The molecule has 0 atom stereocenters. The Hall–Kier alpha value is -9.16. The van der Waals surface area contributed by atoms with E-state index in [1.807, 2.05) is 27.7 Å². The molecule has 4 heterocycles. The van der Waals surface area contributed by atoms with Gasteiger partial charge in [0, 0.05) is 162 Å². The Morgan fingerprint density at radius 2 is 0.563 bits per heavy atom. The smallest absolute Gasteiger partial charge is 0.162 e. The van der Waals surface area contributed by atoms with Gasteiger partial charge in [-0.15, -0.1) is 140 Å². The number of aliphatic hydroxyl groups is 4. The molecule has 16 heteroatoms. The molecule has 12 aromatic rings. The standard InChI is InChI=1S/4C20H20N.C15H24O2.C13H20O2.C13H24O2.C5H8O2.4Ir/c4*1-4-6-16-7-5-8-20-18(16)9-10-19(21-20)17-12-14(2)11-15(3)13-17;16-14(12-7-3-1-4-8-12)11-15(17)13-9-5-2-6-10-13;14-12(10-5-1-2-6-10)9-13(15)11-7-3-4-8-11;1-5-10(6-2)12(14)9-13(15)11(7-3)8-4;1-4(6)3-5(2)7;;;;/h4*5,7-12H,4,6H2,1-3H3;11-13,16H,1-10H2;9-11,14H,1-8H2;9-11,14H,5-8H2,1-4H3;3,6H,1-2H3;;;;/q4*-1;;;;;;;;. The molecule has 0 amide bonds. The summed E-state index contributed by atoms with van der Waals surface area (Å²) in [6.45, 7) is 36.6. The fourth-order valence-corrected chi connectivity index (χ4v) is 19.6. The zero-order chi connectivity index (χ0) is 99.7. The van der Waals surface area contributed by atoms with Gasteiger partial charge < -0.3 is 20.4 Å². The van der Waals surface area contributed by atoms with E-state index in [0.717, 1.165) is 218 Å². The average molecular weight is 2620 g/mol. The Bertz CT molecular complexity index is 5460. The van der Waals surface area contributed by atoms with Crippen LogP contribution in [0.5, 0.6) is 0 Å². The van der Waals surface area contributed by atoms with Gasteiger partial charge in [-0.3, -0.25) is 39.1 Å². The first kappa shape index (κ1) is 123. The van der Waals surface area contributed by atoms with Crippen LogP contribution in [-0.2, 0) is 125 Å². The minimum Gasteiger partial charge on any atom is -0.512 e. The van der Waals surface area contributed by atoms with Crippen LogP contribution in [0.2, 0.25) is 0 Å². The second kappa shape index (κ2) is 64.7. The van der Waals surface area contributed by atoms with E-state index < -0.39 is 0 Å². The first-order valence-electron chi connectivity index (χ1n) is 51.7. The number of fused-ring (bicyclic) bond motifs is 4. The molecule has 0 aliphatic heterocycles. The fourth-order valence-electron chi connectivity index (χ4n) is 19.6. The SMILES string of the molecule is CC(=O)C=C(C)O.CCC(CC)C(=O)C=C(O)C(CC)CC.CCCc1cccc2nc(-c3[c-]c(C)cc(C)c3)ccc12.CCCc1cccc2nc(-c3[c-]c(C)cc(C)c3)ccc12.CCCc1cccc2nc(-c3[c-]c(C)cc(C)c3)ccc12.CCCc1cccc2nc(-c3[c-]c(C)cc(C)c3)ccc12.O=C(C=C(O)C1CCCC1)C1CCCC1.O=C(C=C(O)C1CCCCC1)C1CCCCC1.[Ir].[Ir].[Ir].[Ir]. The summed E-state index contributed by atoms with van der Waals surface area (Å²) in [6.07, 6.45) is 38.5. The molecule has 768 valence electrons. The molecule has 0 unspecified atom stereocenters. The summed E-state index contributed by atoms with van der Waals surface area (Å²) in [6, 6.07) is 73.7. The van der Waals surface area contributed by atoms with Crippen LogP contribution >= 0.6 is 0 Å². The summed E-state index contributed by atoms with van der Waals surface area (Å²) < 4.78 is 0. The molecule has 12 nitrogen and oxygen atoms in total. The third kappa shape index (κ3) is 39.3. The topological polar surface area (TPSA) is 201 Å². The van der Waals surface area contributed by atoms with Gasteiger partial charge in [0.15, 0.2) is 23.1 Å². The Kier molecular flexibility index (Phi) is 56.1. The minimum atomic E-state index is -0.125. The van der Waals surface area contributed by atoms with Crippen molar-refractivity contribution >= 4 is 66.7 Å². The summed E-state index contributed by atoms with van der Waals surface area (Å²) in [5.41, 5.74) is 27.8. The van der Waals surface area contributed by atoms with Gasteiger partial charge in [0.25, 0.3) is 0 Å². The van der Waals surface area contributed by atoms with Crippen molar-refractivity contribution in [2.24, 2.45) is 35.5 Å². The van der Waals surface area contributed by atoms with E-state index >= 15 is 0 Å². The van der Waals surface area contributed by atoms with E-state index in [1.54, 1.807) is 6.08 Å². The van der Waals surface area contributed by atoms with Crippen molar-refractivity contribution in [3.05, 3.63) is 308 Å². The number of benzene rings is 8. The van der Waals surface area contributed by atoms with Gasteiger partial charge in [-0.2, -0.15) is 0 Å². The molecule has 4 aromatic heterocycles. The molecule has 4 saturated carbocycles. The number of hydrogen-bond acceptors (Lipinski definition) is 12. The van der Waals surface area contributed by atoms with E-state index in [1.165, 1.54) is 162 Å². The first-order chi connectivity index (χ1) is 66.4. The van der Waals surface area contributed by atoms with Gasteiger partial charge in [-0.1, -0.05) is 298 Å². The molecule has 0 spiro atoms. The van der Waals surface area contributed by atoms with Crippen LogP contribution in [0.3, 0.4) is 0 Å². The largest absolute Gasteiger partial charge is 0.512 e. The fraction of sp³-hybridized carbons (Fsp3) is 0.429. The van der Waals surface area contributed by atoms with E-state index in [9.17, 15) is 34.5 Å². The summed E-state index contributed by atoms with van der Waals surface area (Å²) >= 11 is 0. The second-order valence-corrected chi connectivity index (χ2v) is 38.7. The molecule has 0 saturated heterocycles. The maximum Gasteiger partial charge on any atom is 0.162 e. The summed E-state index contributed by atoms with van der Waals surface area (Å²) in [5, 5.41) is 43.0. The van der Waals surface area contributed by atoms with Crippen molar-refractivity contribution in [3.63, 3.8) is 0 Å². The number of rotatable bonds is 26. The van der Waals surface area contributed by atoms with Gasteiger partial charge in [-0.05, 0) is 186 Å². The Morgan fingerprint density at radius 1 is 0.317 bits per heavy atom. The first-order valence-corrected chi connectivity index (χ1v) is 51.7. The quantitative estimate of drug-likeness (QED) is 0.0227. The van der Waals surface area contributed by atoms with E-state index in [-0.39, 0.29) is 151 Å². The van der Waals surface area contributed by atoms with E-state index in [4.69, 9.17) is 25.0 Å². The summed E-state index contributed by atoms with van der Waals surface area (Å²) in [4.78, 5) is 64.9. The molecule has 8 aromatic carbocycles. The second-order valence-electron chi connectivity index (χ2n) is 38.7. The third-order valence-corrected chi connectivity index (χ3v) is 26.7. The summed E-state index contributed by atoms with van der Waals surface area (Å²) in [5.74, 6) is 2.46. The number of ketones is 4. The molecule has 4 aliphatic rings. The van der Waals surface area contributed by atoms with Crippen LogP contribution in [0.4, 0.5) is 0 Å². The number of pyridine rings is 4. The van der Waals surface area contributed by atoms with E-state index in [2.05, 4.69) is 277 Å². The molecule has 4 N–H and O–H groups in total. The number of aromatic nitrogens is 4. The molecule has 4 fully saturated rings. The number of aliphatic hydroxyl groups excluding tert-OH is 4. The van der Waals surface area contributed by atoms with Crippen molar-refractivity contribution < 1.29 is 120 Å². The molecule has 142 heavy (non-hydrogen) atoms. The Morgan fingerprint density at radius 3 is 0.782 bits per heavy atom. The predicted molar refractivity (Wildman–Crippen MR) is 577 cm³/mol. The monoisotopic (exact) mass is 2630 g/mol. The Labute approximate surface area is 905 Å². The zero-order valence-corrected chi connectivity index (χ0v) is 97.3. The van der Waals surface area contributed by atoms with Gasteiger partial charge in [0.1, 0.15) is 0 Å². The van der Waals surface area contributed by atoms with Crippen molar-refractivity contribution in [3.8, 4) is 45.0 Å². The number of nitrogens with zero attached hydrogens (tertiary/aromatic N) is 4. The maximum absolute atomic E-state index is 12.0. The molecule has 16 rings (SSSR count). The van der Waals surface area contributed by atoms with Crippen LogP contribution < -0.4 is 0 Å². The van der Waals surface area contributed by atoms with Crippen LogP contribution in [0.1, 0.15) is 303 Å². The van der Waals surface area contributed by atoms with Crippen molar-refractivity contribution in [1.82, 2.24) is 19.9 Å². The van der Waals surface area contributed by atoms with Crippen molar-refractivity contribution in [1.29, 1.82) is 0 Å². The van der Waals surface area contributed by atoms with Crippen molar-refractivity contribution in [2.75, 3.05) is 0 Å². The zero-order valence-electron chi connectivity index (χ0n) is 87.7. The Balaban J connectivity index is 0.000000288. The molecular formula is C126H156Ir4N4O8-4. The molecule has 4 radical (unpaired) electrons. The number of hydrogen-bond donors (Lipinski definition) is 4. The van der Waals surface area contributed by atoms with E-state index in [0.29, 0.717) is 11.5 Å². The van der Waals surface area contributed by atoms with Crippen LogP contribution in [0, 0.1) is 115 Å². The van der Waals surface area contributed by atoms with Crippen LogP contribution in [-0.4, -0.2) is 63.5 Å². The minimum absolute atomic E-state index is 0. The van der Waals surface area contributed by atoms with Gasteiger partial charge in [-0.25, -0.2) is 0 Å². The predicted octanol–water partition coefficient (Wildman–Crippen LogP) is 33.5. The molecule has 0 bridgehead atoms. The number of allylic oxidation sites excluding steroid dienone is 8. The average Bonchev–Trinajstić information content (AvgIpc) is 0.978. The number of carbonyl (C=O) groups is 4. The van der Waals surface area contributed by atoms with Gasteiger partial charge in [0.2, 0.25) is 0 Å². The summed E-state index contributed by atoms with van der Waals surface area (Å²) in [7, 11) is 0. The van der Waals surface area contributed by atoms with Crippen molar-refractivity contribution in [2.45, 2.75) is 317 Å². The third-order valence-electron chi connectivity index (χ3n) is 26.7. The molecular weight excluding hydrogens is 2470 g/mol. The van der Waals surface area contributed by atoms with Crippen LogP contribution in [0.15, 0.2) is 217 Å². The van der Waals surface area contributed by atoms with Gasteiger partial charge in [0.05, 0.1) is 45.1 Å². The molecule has 4 aliphatic carbocycles. The normalized spacial score (nSPS) is 14.0. The van der Waals surface area contributed by atoms with Crippen LogP contribution in [0.25, 0.3) is 88.6 Å². The number of carbonyl (C=O) groups excluding carboxylic acids is 4. The maximum atomic E-state index is 12.0.